The molecule has 0 fully saturated rings. The van der Waals surface area contributed by atoms with Crippen molar-refractivity contribution in [3.63, 3.8) is 0 Å². The number of aromatic nitrogens is 2. The Labute approximate surface area is 105 Å². The van der Waals surface area contributed by atoms with Gasteiger partial charge in [0, 0.05) is 11.6 Å². The summed E-state index contributed by atoms with van der Waals surface area (Å²) in [6.45, 7) is 2.07. The molecule has 0 saturated carbocycles. The lowest BCUT2D eigenvalue weighted by atomic mass is 9.94. The van der Waals surface area contributed by atoms with E-state index < -0.39 is 0 Å². The molecule has 4 heteroatoms. The molecular weight excluding hydrogens is 228 g/mol. The lowest BCUT2D eigenvalue weighted by molar-refractivity contribution is 0.403. The van der Waals surface area contributed by atoms with Gasteiger partial charge in [0.05, 0.1) is 5.69 Å². The summed E-state index contributed by atoms with van der Waals surface area (Å²) in [6, 6.07) is 4.96. The molecule has 94 valence electrons. The Kier molecular flexibility index (Phi) is 2.51. The molecule has 0 saturated heterocycles. The van der Waals surface area contributed by atoms with Crippen molar-refractivity contribution in [3.05, 3.63) is 40.7 Å². The van der Waals surface area contributed by atoms with Crippen molar-refractivity contribution in [2.75, 3.05) is 0 Å². The van der Waals surface area contributed by atoms with E-state index in [0.717, 1.165) is 24.1 Å². The molecule has 18 heavy (non-hydrogen) atoms. The number of nitrogens with one attached hydrogen (secondary N) is 1. The Morgan fingerprint density at radius 3 is 2.83 bits per heavy atom. The Balaban J connectivity index is 1.98. The lowest BCUT2D eigenvalue weighted by Crippen LogP contribution is -2.00. The van der Waals surface area contributed by atoms with Gasteiger partial charge in [0.25, 0.3) is 0 Å². The summed E-state index contributed by atoms with van der Waals surface area (Å²) < 4.78 is 0. The topological polar surface area (TPSA) is 69.1 Å². The Morgan fingerprint density at radius 2 is 2.06 bits per heavy atom. The molecule has 1 aliphatic carbocycles. The van der Waals surface area contributed by atoms with E-state index in [9.17, 15) is 10.2 Å². The SMILES string of the molecule is CC(c1ccc(O)c(O)c1)c1n[nH]c2c1CCC2. The van der Waals surface area contributed by atoms with Gasteiger partial charge in [-0.3, -0.25) is 5.10 Å². The van der Waals surface area contributed by atoms with Gasteiger partial charge in [-0.05, 0) is 42.5 Å². The fraction of sp³-hybridized carbons (Fsp3) is 0.357. The summed E-state index contributed by atoms with van der Waals surface area (Å²) >= 11 is 0. The summed E-state index contributed by atoms with van der Waals surface area (Å²) in [5, 5.41) is 26.4. The number of hydrogen-bond donors (Lipinski definition) is 3. The molecule has 1 aromatic carbocycles. The zero-order valence-electron chi connectivity index (χ0n) is 10.3. The summed E-state index contributed by atoms with van der Waals surface area (Å²) in [7, 11) is 0. The number of aromatic amines is 1. The largest absolute Gasteiger partial charge is 0.504 e. The summed E-state index contributed by atoms with van der Waals surface area (Å²) in [4.78, 5) is 0. The molecule has 1 aliphatic rings. The van der Waals surface area contributed by atoms with Crippen LogP contribution in [0.25, 0.3) is 0 Å². The number of phenols is 2. The monoisotopic (exact) mass is 244 g/mol. The normalized spacial score (nSPS) is 15.6. The zero-order chi connectivity index (χ0) is 12.7. The Hall–Kier alpha value is -1.97. The number of H-pyrrole nitrogens is 1. The second-order valence-corrected chi connectivity index (χ2v) is 4.89. The van der Waals surface area contributed by atoms with Crippen LogP contribution < -0.4 is 0 Å². The first kappa shape index (κ1) is 11.1. The second-order valence-electron chi connectivity index (χ2n) is 4.89. The van der Waals surface area contributed by atoms with Crippen LogP contribution in [-0.4, -0.2) is 20.4 Å². The van der Waals surface area contributed by atoms with Crippen LogP contribution in [0.15, 0.2) is 18.2 Å². The third-order valence-electron chi connectivity index (χ3n) is 3.75. The van der Waals surface area contributed by atoms with Crippen molar-refractivity contribution in [1.29, 1.82) is 0 Å². The molecule has 1 heterocycles. The Bertz CT molecular complexity index is 589. The first-order valence-electron chi connectivity index (χ1n) is 6.24. The number of fused-ring (bicyclic) bond motifs is 1. The van der Waals surface area contributed by atoms with Crippen molar-refractivity contribution in [2.45, 2.75) is 32.1 Å². The molecular formula is C14H16N2O2. The van der Waals surface area contributed by atoms with E-state index in [4.69, 9.17) is 0 Å². The quantitative estimate of drug-likeness (QED) is 0.711. The minimum absolute atomic E-state index is 0.0773. The van der Waals surface area contributed by atoms with Gasteiger partial charge in [0.15, 0.2) is 11.5 Å². The third-order valence-corrected chi connectivity index (χ3v) is 3.75. The predicted octanol–water partition coefficient (Wildman–Crippen LogP) is 2.46. The molecule has 3 rings (SSSR count). The number of rotatable bonds is 2. The minimum Gasteiger partial charge on any atom is -0.504 e. The fourth-order valence-corrected chi connectivity index (χ4v) is 2.67. The molecule has 4 nitrogen and oxygen atoms in total. The molecule has 3 N–H and O–H groups in total. The standard InChI is InChI=1S/C14H16N2O2/c1-8(9-5-6-12(17)13(18)7-9)14-10-3-2-4-11(10)15-16-14/h5-8,17-18H,2-4H2,1H3,(H,15,16). The maximum Gasteiger partial charge on any atom is 0.157 e. The van der Waals surface area contributed by atoms with Crippen LogP contribution in [0.5, 0.6) is 11.5 Å². The number of phenolic OH excluding ortho intramolecular Hbond substituents is 2. The van der Waals surface area contributed by atoms with Gasteiger partial charge in [-0.1, -0.05) is 13.0 Å². The molecule has 0 aliphatic heterocycles. The van der Waals surface area contributed by atoms with E-state index in [0.29, 0.717) is 0 Å². The van der Waals surface area contributed by atoms with Crippen molar-refractivity contribution < 1.29 is 10.2 Å². The molecule has 1 unspecified atom stereocenters. The third kappa shape index (κ3) is 1.65. The van der Waals surface area contributed by atoms with Crippen molar-refractivity contribution in [3.8, 4) is 11.5 Å². The van der Waals surface area contributed by atoms with E-state index in [2.05, 4.69) is 17.1 Å². The average Bonchev–Trinajstić information content (AvgIpc) is 2.93. The number of aryl methyl sites for hydroxylation is 1. The number of benzene rings is 1. The highest BCUT2D eigenvalue weighted by Gasteiger charge is 2.23. The molecule has 1 atom stereocenters. The van der Waals surface area contributed by atoms with Crippen LogP contribution in [0.3, 0.4) is 0 Å². The molecule has 2 aromatic rings. The molecule has 0 radical (unpaired) electrons. The van der Waals surface area contributed by atoms with Crippen molar-refractivity contribution in [1.82, 2.24) is 10.2 Å². The van der Waals surface area contributed by atoms with Gasteiger partial charge in [-0.15, -0.1) is 0 Å². The fourth-order valence-electron chi connectivity index (χ4n) is 2.67. The van der Waals surface area contributed by atoms with Crippen LogP contribution >= 0.6 is 0 Å². The van der Waals surface area contributed by atoms with E-state index >= 15 is 0 Å². The predicted molar refractivity (Wildman–Crippen MR) is 67.9 cm³/mol. The summed E-state index contributed by atoms with van der Waals surface area (Å²) in [6.07, 6.45) is 3.34. The minimum atomic E-state index is -0.0850. The Morgan fingerprint density at radius 1 is 1.22 bits per heavy atom. The van der Waals surface area contributed by atoms with Gasteiger partial charge in [0.2, 0.25) is 0 Å². The molecule has 0 spiro atoms. The maximum absolute atomic E-state index is 9.56. The highest BCUT2D eigenvalue weighted by atomic mass is 16.3. The molecule has 0 bridgehead atoms. The first-order chi connectivity index (χ1) is 8.66. The van der Waals surface area contributed by atoms with Crippen LogP contribution in [0, 0.1) is 0 Å². The number of aromatic hydroxyl groups is 2. The van der Waals surface area contributed by atoms with Crippen LogP contribution in [0.1, 0.15) is 41.8 Å². The number of hydrogen-bond acceptors (Lipinski definition) is 3. The summed E-state index contributed by atoms with van der Waals surface area (Å²) in [5.74, 6) is -0.0423. The lowest BCUT2D eigenvalue weighted by Gasteiger charge is -2.11. The van der Waals surface area contributed by atoms with Gasteiger partial charge in [0.1, 0.15) is 0 Å². The van der Waals surface area contributed by atoms with E-state index in [1.807, 2.05) is 6.07 Å². The molecule has 0 amide bonds. The second kappa shape index (κ2) is 4.05. The zero-order valence-corrected chi connectivity index (χ0v) is 10.3. The van der Waals surface area contributed by atoms with Crippen LogP contribution in [0.2, 0.25) is 0 Å². The molecule has 1 aromatic heterocycles. The van der Waals surface area contributed by atoms with Gasteiger partial charge >= 0.3 is 0 Å². The van der Waals surface area contributed by atoms with Crippen LogP contribution in [0.4, 0.5) is 0 Å². The van der Waals surface area contributed by atoms with Crippen molar-refractivity contribution >= 4 is 0 Å². The highest BCUT2D eigenvalue weighted by Crippen LogP contribution is 2.34. The highest BCUT2D eigenvalue weighted by molar-refractivity contribution is 5.45. The van der Waals surface area contributed by atoms with Crippen LogP contribution in [-0.2, 0) is 12.8 Å². The average molecular weight is 244 g/mol. The van der Waals surface area contributed by atoms with E-state index in [1.54, 1.807) is 6.07 Å². The van der Waals surface area contributed by atoms with Crippen molar-refractivity contribution in [2.24, 2.45) is 0 Å². The smallest absolute Gasteiger partial charge is 0.157 e. The van der Waals surface area contributed by atoms with Gasteiger partial charge < -0.3 is 10.2 Å². The van der Waals surface area contributed by atoms with E-state index in [-0.39, 0.29) is 17.4 Å². The first-order valence-corrected chi connectivity index (χ1v) is 6.24. The number of nitrogens with zero attached hydrogens (tertiary/aromatic N) is 1. The van der Waals surface area contributed by atoms with Gasteiger partial charge in [-0.2, -0.15) is 5.10 Å². The van der Waals surface area contributed by atoms with Gasteiger partial charge in [-0.25, -0.2) is 0 Å². The van der Waals surface area contributed by atoms with E-state index in [1.165, 1.54) is 23.7 Å². The summed E-state index contributed by atoms with van der Waals surface area (Å²) in [5.41, 5.74) is 4.61. The maximum atomic E-state index is 9.56.